The molecule has 0 spiro atoms. The molecule has 0 fully saturated rings. The first-order valence-corrected chi connectivity index (χ1v) is 6.59. The molecule has 1 aromatic heterocycles. The van der Waals surface area contributed by atoms with E-state index in [1.807, 2.05) is 43.3 Å². The molecule has 1 aliphatic heterocycles. The average molecular weight is 278 g/mol. The van der Waals surface area contributed by atoms with Crippen LogP contribution >= 0.6 is 0 Å². The van der Waals surface area contributed by atoms with Crippen LogP contribution in [0.15, 0.2) is 70.2 Å². The standard InChI is InChI=1S/C17H14N2O2/c1-11-15(14-8-5-9-20-14)13(10-18)17(19)21-16(11)12-6-3-2-4-7-12/h2-9,15H,19H2,1H3. The smallest absolute Gasteiger partial charge is 0.205 e. The Balaban J connectivity index is 2.16. The van der Waals surface area contributed by atoms with Crippen molar-refractivity contribution in [2.24, 2.45) is 5.73 Å². The average Bonchev–Trinajstić information content (AvgIpc) is 3.03. The summed E-state index contributed by atoms with van der Waals surface area (Å²) >= 11 is 0. The van der Waals surface area contributed by atoms with Crippen LogP contribution < -0.4 is 5.73 Å². The number of nitrogens with two attached hydrogens (primary N) is 1. The Labute approximate surface area is 122 Å². The zero-order valence-electron chi connectivity index (χ0n) is 11.5. The fraction of sp³-hybridized carbons (Fsp3) is 0.118. The van der Waals surface area contributed by atoms with E-state index in [0.29, 0.717) is 17.1 Å². The molecule has 0 radical (unpaired) electrons. The third-order valence-corrected chi connectivity index (χ3v) is 3.54. The molecule has 1 aromatic carbocycles. The van der Waals surface area contributed by atoms with E-state index in [0.717, 1.165) is 11.1 Å². The first-order valence-electron chi connectivity index (χ1n) is 6.59. The van der Waals surface area contributed by atoms with Crippen LogP contribution in [-0.4, -0.2) is 0 Å². The second-order valence-electron chi connectivity index (χ2n) is 4.82. The van der Waals surface area contributed by atoms with Gasteiger partial charge in [0.05, 0.1) is 12.2 Å². The van der Waals surface area contributed by atoms with Crippen molar-refractivity contribution < 1.29 is 9.15 Å². The van der Waals surface area contributed by atoms with Gasteiger partial charge in [0.25, 0.3) is 0 Å². The minimum absolute atomic E-state index is 0.128. The molecule has 104 valence electrons. The van der Waals surface area contributed by atoms with Crippen LogP contribution in [0.1, 0.15) is 24.2 Å². The van der Waals surface area contributed by atoms with Crippen LogP contribution in [0, 0.1) is 11.3 Å². The molecular formula is C17H14N2O2. The van der Waals surface area contributed by atoms with Gasteiger partial charge in [-0.05, 0) is 24.6 Å². The number of nitriles is 1. The number of ether oxygens (including phenoxy) is 1. The molecule has 2 aromatic rings. The Hall–Kier alpha value is -2.93. The number of benzene rings is 1. The highest BCUT2D eigenvalue weighted by Crippen LogP contribution is 2.41. The summed E-state index contributed by atoms with van der Waals surface area (Å²) in [4.78, 5) is 0. The first kappa shape index (κ1) is 13.1. The molecule has 1 unspecified atom stereocenters. The highest BCUT2D eigenvalue weighted by Gasteiger charge is 2.32. The van der Waals surface area contributed by atoms with E-state index in [1.165, 1.54) is 0 Å². The second-order valence-corrected chi connectivity index (χ2v) is 4.82. The molecule has 0 aliphatic carbocycles. The zero-order valence-corrected chi connectivity index (χ0v) is 11.5. The monoisotopic (exact) mass is 278 g/mol. The maximum Gasteiger partial charge on any atom is 0.205 e. The lowest BCUT2D eigenvalue weighted by Crippen LogP contribution is -2.19. The van der Waals surface area contributed by atoms with Crippen LogP contribution in [-0.2, 0) is 4.74 Å². The molecule has 4 heteroatoms. The number of nitrogens with zero attached hydrogens (tertiary/aromatic N) is 1. The summed E-state index contributed by atoms with van der Waals surface area (Å²) in [5, 5.41) is 9.37. The van der Waals surface area contributed by atoms with Gasteiger partial charge in [-0.3, -0.25) is 0 Å². The molecule has 0 saturated carbocycles. The van der Waals surface area contributed by atoms with Crippen molar-refractivity contribution in [3.8, 4) is 6.07 Å². The van der Waals surface area contributed by atoms with E-state index in [1.54, 1.807) is 12.3 Å². The number of hydrogen-bond acceptors (Lipinski definition) is 4. The maximum absolute atomic E-state index is 9.37. The van der Waals surface area contributed by atoms with Gasteiger partial charge in [0.2, 0.25) is 5.88 Å². The van der Waals surface area contributed by atoms with Crippen LogP contribution in [0.5, 0.6) is 0 Å². The minimum Gasteiger partial charge on any atom is -0.468 e. The van der Waals surface area contributed by atoms with E-state index < -0.39 is 0 Å². The highest BCUT2D eigenvalue weighted by molar-refractivity contribution is 5.69. The second kappa shape index (κ2) is 5.22. The number of allylic oxidation sites excluding steroid dienone is 2. The zero-order chi connectivity index (χ0) is 14.8. The Morgan fingerprint density at radius 3 is 2.52 bits per heavy atom. The number of hydrogen-bond donors (Lipinski definition) is 1. The van der Waals surface area contributed by atoms with E-state index >= 15 is 0 Å². The molecule has 3 rings (SSSR count). The van der Waals surface area contributed by atoms with Gasteiger partial charge >= 0.3 is 0 Å². The number of furan rings is 1. The summed E-state index contributed by atoms with van der Waals surface area (Å²) in [7, 11) is 0. The van der Waals surface area contributed by atoms with E-state index in [2.05, 4.69) is 6.07 Å². The van der Waals surface area contributed by atoms with Gasteiger partial charge < -0.3 is 14.9 Å². The summed E-state index contributed by atoms with van der Waals surface area (Å²) in [6.45, 7) is 1.93. The van der Waals surface area contributed by atoms with Crippen molar-refractivity contribution in [2.75, 3.05) is 0 Å². The Bertz CT molecular complexity index is 750. The van der Waals surface area contributed by atoms with E-state index in [9.17, 15) is 5.26 Å². The van der Waals surface area contributed by atoms with Gasteiger partial charge in [-0.25, -0.2) is 0 Å². The molecule has 2 N–H and O–H groups in total. The third-order valence-electron chi connectivity index (χ3n) is 3.54. The lowest BCUT2D eigenvalue weighted by molar-refractivity contribution is 0.349. The summed E-state index contributed by atoms with van der Waals surface area (Å²) in [5.41, 5.74) is 8.14. The number of rotatable bonds is 2. The van der Waals surface area contributed by atoms with Gasteiger partial charge in [-0.2, -0.15) is 5.26 Å². The van der Waals surface area contributed by atoms with E-state index in [4.69, 9.17) is 14.9 Å². The van der Waals surface area contributed by atoms with Crippen LogP contribution in [0.4, 0.5) is 0 Å². The van der Waals surface area contributed by atoms with Crippen molar-refractivity contribution in [3.63, 3.8) is 0 Å². The summed E-state index contributed by atoms with van der Waals surface area (Å²) in [5.74, 6) is 1.18. The molecule has 2 heterocycles. The van der Waals surface area contributed by atoms with Crippen LogP contribution in [0.25, 0.3) is 5.76 Å². The molecule has 1 aliphatic rings. The van der Waals surface area contributed by atoms with Gasteiger partial charge in [-0.15, -0.1) is 0 Å². The molecule has 0 bridgehead atoms. The van der Waals surface area contributed by atoms with Crippen molar-refractivity contribution in [1.82, 2.24) is 0 Å². The molecule has 4 nitrogen and oxygen atoms in total. The lowest BCUT2D eigenvalue weighted by Gasteiger charge is -2.26. The fourth-order valence-corrected chi connectivity index (χ4v) is 2.54. The van der Waals surface area contributed by atoms with Gasteiger partial charge in [0, 0.05) is 5.56 Å². The van der Waals surface area contributed by atoms with Gasteiger partial charge in [0.15, 0.2) is 0 Å². The predicted octanol–water partition coefficient (Wildman–Crippen LogP) is 3.52. The highest BCUT2D eigenvalue weighted by atomic mass is 16.5. The fourth-order valence-electron chi connectivity index (χ4n) is 2.54. The maximum atomic E-state index is 9.37. The molecule has 0 amide bonds. The summed E-state index contributed by atoms with van der Waals surface area (Å²) in [6, 6.07) is 15.5. The summed E-state index contributed by atoms with van der Waals surface area (Å²) < 4.78 is 11.2. The Morgan fingerprint density at radius 1 is 1.14 bits per heavy atom. The Morgan fingerprint density at radius 2 is 1.90 bits per heavy atom. The van der Waals surface area contributed by atoms with Gasteiger partial charge in [0.1, 0.15) is 23.2 Å². The predicted molar refractivity (Wildman–Crippen MR) is 78.4 cm³/mol. The topological polar surface area (TPSA) is 72.2 Å². The molecular weight excluding hydrogens is 264 g/mol. The normalized spacial score (nSPS) is 18.4. The van der Waals surface area contributed by atoms with Crippen molar-refractivity contribution >= 4 is 5.76 Å². The third kappa shape index (κ3) is 2.19. The molecule has 0 saturated heterocycles. The first-order chi connectivity index (χ1) is 10.2. The SMILES string of the molecule is CC1=C(c2ccccc2)OC(N)=C(C#N)C1c1ccco1. The van der Waals surface area contributed by atoms with Crippen molar-refractivity contribution in [1.29, 1.82) is 5.26 Å². The van der Waals surface area contributed by atoms with Crippen LogP contribution in [0.3, 0.4) is 0 Å². The molecule has 1 atom stereocenters. The Kier molecular flexibility index (Phi) is 3.25. The van der Waals surface area contributed by atoms with E-state index in [-0.39, 0.29) is 11.8 Å². The largest absolute Gasteiger partial charge is 0.468 e. The molecule has 21 heavy (non-hydrogen) atoms. The quantitative estimate of drug-likeness (QED) is 0.912. The van der Waals surface area contributed by atoms with Crippen LogP contribution in [0.2, 0.25) is 0 Å². The minimum atomic E-state index is -0.311. The van der Waals surface area contributed by atoms with Crippen molar-refractivity contribution in [2.45, 2.75) is 12.8 Å². The lowest BCUT2D eigenvalue weighted by atomic mass is 9.86. The summed E-state index contributed by atoms with van der Waals surface area (Å²) in [6.07, 6.45) is 1.59. The van der Waals surface area contributed by atoms with Gasteiger partial charge in [-0.1, -0.05) is 30.3 Å². The van der Waals surface area contributed by atoms with Crippen molar-refractivity contribution in [3.05, 3.63) is 77.1 Å².